The highest BCUT2D eigenvalue weighted by molar-refractivity contribution is 5.95. The maximum absolute atomic E-state index is 13.1. The van der Waals surface area contributed by atoms with Gasteiger partial charge in [0.25, 0.3) is 5.91 Å². The molecule has 1 fully saturated rings. The van der Waals surface area contributed by atoms with Crippen molar-refractivity contribution in [2.75, 3.05) is 7.05 Å². The van der Waals surface area contributed by atoms with E-state index in [1.165, 1.54) is 6.07 Å². The van der Waals surface area contributed by atoms with Crippen LogP contribution in [0.3, 0.4) is 0 Å². The molecular formula is C26H30N6O4. The van der Waals surface area contributed by atoms with Crippen molar-refractivity contribution in [3.63, 3.8) is 0 Å². The summed E-state index contributed by atoms with van der Waals surface area (Å²) in [6.45, 7) is 0.267. The standard InChI is InChI=1S/C26H30N6O4/c1-28-25(34)23(18-7-3-2-4-8-18)32(27)26(35)22-11-10-21(36-22)20-15-17(12-14-30-20)16-31-24(33)19-9-5-6-13-29-19/h5-6,9-15,18,23H,2-4,7-8,16,27H2,1H3,(H,28,34)(H,31,33)/t23-/m0/s1. The number of carbonyl (C=O) groups is 3. The molecule has 10 heteroatoms. The third-order valence-corrected chi connectivity index (χ3v) is 6.39. The van der Waals surface area contributed by atoms with Gasteiger partial charge in [-0.3, -0.25) is 29.4 Å². The molecule has 4 N–H and O–H groups in total. The molecule has 0 aromatic carbocycles. The van der Waals surface area contributed by atoms with Crippen molar-refractivity contribution >= 4 is 17.7 Å². The fourth-order valence-electron chi connectivity index (χ4n) is 4.50. The minimum Gasteiger partial charge on any atom is -0.449 e. The molecule has 0 bridgehead atoms. The number of likely N-dealkylation sites (N-methyl/N-ethyl adjacent to an activating group) is 1. The average Bonchev–Trinajstić information content (AvgIpc) is 3.43. The van der Waals surface area contributed by atoms with Crippen LogP contribution in [-0.2, 0) is 11.3 Å². The first-order valence-electron chi connectivity index (χ1n) is 12.0. The summed E-state index contributed by atoms with van der Waals surface area (Å²) in [4.78, 5) is 46.3. The number of furan rings is 1. The summed E-state index contributed by atoms with van der Waals surface area (Å²) in [6, 6.07) is 11.1. The van der Waals surface area contributed by atoms with E-state index < -0.39 is 11.9 Å². The van der Waals surface area contributed by atoms with Gasteiger partial charge in [0, 0.05) is 26.0 Å². The second kappa shape index (κ2) is 11.6. The molecule has 3 aromatic heterocycles. The minimum absolute atomic E-state index is 0.00160. The SMILES string of the molecule is CNC(=O)[C@H](C1CCCCC1)N(N)C(=O)c1ccc(-c2cc(CNC(=O)c3ccccn3)ccn2)o1. The fraction of sp³-hybridized carbons (Fsp3) is 0.346. The first-order chi connectivity index (χ1) is 17.5. The summed E-state index contributed by atoms with van der Waals surface area (Å²) in [5.74, 6) is 5.45. The van der Waals surface area contributed by atoms with Gasteiger partial charge in [-0.2, -0.15) is 0 Å². The molecule has 188 valence electrons. The zero-order valence-corrected chi connectivity index (χ0v) is 20.1. The lowest BCUT2D eigenvalue weighted by Crippen LogP contribution is -2.56. The molecule has 3 heterocycles. The van der Waals surface area contributed by atoms with Crippen LogP contribution in [0.15, 0.2) is 59.3 Å². The van der Waals surface area contributed by atoms with Crippen molar-refractivity contribution in [3.05, 3.63) is 71.9 Å². The van der Waals surface area contributed by atoms with E-state index in [-0.39, 0.29) is 30.0 Å². The quantitative estimate of drug-likeness (QED) is 0.250. The summed E-state index contributed by atoms with van der Waals surface area (Å²) < 4.78 is 5.79. The Balaban J connectivity index is 1.45. The van der Waals surface area contributed by atoms with Gasteiger partial charge in [-0.25, -0.2) is 5.84 Å². The molecule has 3 aromatic rings. The van der Waals surface area contributed by atoms with Crippen molar-refractivity contribution in [1.82, 2.24) is 25.6 Å². The van der Waals surface area contributed by atoms with Gasteiger partial charge < -0.3 is 15.1 Å². The van der Waals surface area contributed by atoms with Crippen LogP contribution in [0.1, 0.15) is 58.7 Å². The minimum atomic E-state index is -0.763. The average molecular weight is 491 g/mol. The summed E-state index contributed by atoms with van der Waals surface area (Å²) in [7, 11) is 1.54. The molecular weight excluding hydrogens is 460 g/mol. The first-order valence-corrected chi connectivity index (χ1v) is 12.0. The molecule has 1 aliphatic carbocycles. The number of nitrogens with zero attached hydrogens (tertiary/aromatic N) is 3. The molecule has 36 heavy (non-hydrogen) atoms. The molecule has 4 rings (SSSR count). The van der Waals surface area contributed by atoms with Gasteiger partial charge in [-0.1, -0.05) is 25.3 Å². The van der Waals surface area contributed by atoms with E-state index in [2.05, 4.69) is 20.6 Å². The second-order valence-electron chi connectivity index (χ2n) is 8.78. The van der Waals surface area contributed by atoms with E-state index in [1.54, 1.807) is 55.8 Å². The highest BCUT2D eigenvalue weighted by Gasteiger charge is 2.36. The Bertz CT molecular complexity index is 1210. The first kappa shape index (κ1) is 25.1. The smallest absolute Gasteiger partial charge is 0.304 e. The van der Waals surface area contributed by atoms with Gasteiger partial charge >= 0.3 is 5.91 Å². The Morgan fingerprint density at radius 3 is 2.61 bits per heavy atom. The van der Waals surface area contributed by atoms with Gasteiger partial charge in [-0.15, -0.1) is 0 Å². The topological polar surface area (TPSA) is 143 Å². The van der Waals surface area contributed by atoms with Crippen LogP contribution in [-0.4, -0.2) is 45.8 Å². The van der Waals surface area contributed by atoms with Crippen molar-refractivity contribution in [1.29, 1.82) is 0 Å². The monoisotopic (exact) mass is 490 g/mol. The summed E-state index contributed by atoms with van der Waals surface area (Å²) >= 11 is 0. The highest BCUT2D eigenvalue weighted by atomic mass is 16.4. The maximum Gasteiger partial charge on any atom is 0.304 e. The van der Waals surface area contributed by atoms with Crippen molar-refractivity contribution < 1.29 is 18.8 Å². The van der Waals surface area contributed by atoms with E-state index in [0.29, 0.717) is 17.1 Å². The lowest BCUT2D eigenvalue weighted by Gasteiger charge is -2.34. The number of hydrogen-bond donors (Lipinski definition) is 3. The van der Waals surface area contributed by atoms with Crippen LogP contribution in [0.25, 0.3) is 11.5 Å². The Labute approximate surface area is 209 Å². The summed E-state index contributed by atoms with van der Waals surface area (Å²) in [5, 5.41) is 6.44. The van der Waals surface area contributed by atoms with Gasteiger partial charge in [-0.05, 0) is 60.7 Å². The predicted molar refractivity (Wildman–Crippen MR) is 132 cm³/mol. The normalized spacial score (nSPS) is 14.6. The van der Waals surface area contributed by atoms with Gasteiger partial charge in [0.2, 0.25) is 5.91 Å². The molecule has 0 radical (unpaired) electrons. The number of pyridine rings is 2. The van der Waals surface area contributed by atoms with Crippen LogP contribution in [0.5, 0.6) is 0 Å². The number of nitrogens with two attached hydrogens (primary N) is 1. The largest absolute Gasteiger partial charge is 0.449 e. The van der Waals surface area contributed by atoms with Crippen molar-refractivity contribution in [2.24, 2.45) is 11.8 Å². The Morgan fingerprint density at radius 1 is 1.08 bits per heavy atom. The Kier molecular flexibility index (Phi) is 8.06. The van der Waals surface area contributed by atoms with E-state index in [1.807, 2.05) is 0 Å². The van der Waals surface area contributed by atoms with Crippen LogP contribution in [0.2, 0.25) is 0 Å². The molecule has 10 nitrogen and oxygen atoms in total. The molecule has 1 aliphatic rings. The number of rotatable bonds is 8. The van der Waals surface area contributed by atoms with Crippen LogP contribution < -0.4 is 16.5 Å². The van der Waals surface area contributed by atoms with E-state index in [4.69, 9.17) is 10.3 Å². The molecule has 1 saturated carbocycles. The van der Waals surface area contributed by atoms with Gasteiger partial charge in [0.15, 0.2) is 11.5 Å². The molecule has 0 aliphatic heterocycles. The zero-order valence-electron chi connectivity index (χ0n) is 20.1. The Hall–Kier alpha value is -4.05. The molecule has 0 unspecified atom stereocenters. The highest BCUT2D eigenvalue weighted by Crippen LogP contribution is 2.29. The second-order valence-corrected chi connectivity index (χ2v) is 8.78. The number of nitrogens with one attached hydrogen (secondary N) is 2. The summed E-state index contributed by atoms with van der Waals surface area (Å²) in [5.41, 5.74) is 1.62. The van der Waals surface area contributed by atoms with Crippen molar-refractivity contribution in [3.8, 4) is 11.5 Å². The maximum atomic E-state index is 13.1. The number of aromatic nitrogens is 2. The molecule has 0 spiro atoms. The molecule has 0 saturated heterocycles. The van der Waals surface area contributed by atoms with Crippen molar-refractivity contribution in [2.45, 2.75) is 44.7 Å². The third-order valence-electron chi connectivity index (χ3n) is 6.39. The van der Waals surface area contributed by atoms with Crippen LogP contribution >= 0.6 is 0 Å². The fourth-order valence-corrected chi connectivity index (χ4v) is 4.50. The van der Waals surface area contributed by atoms with Crippen LogP contribution in [0, 0.1) is 5.92 Å². The van der Waals surface area contributed by atoms with E-state index >= 15 is 0 Å². The lowest BCUT2D eigenvalue weighted by atomic mass is 9.83. The number of hydrogen-bond acceptors (Lipinski definition) is 7. The number of carbonyl (C=O) groups excluding carboxylic acids is 3. The predicted octanol–water partition coefficient (Wildman–Crippen LogP) is 2.68. The van der Waals surface area contributed by atoms with Crippen LogP contribution in [0.4, 0.5) is 0 Å². The summed E-state index contributed by atoms with van der Waals surface area (Å²) in [6.07, 6.45) is 7.98. The number of hydrazine groups is 1. The third kappa shape index (κ3) is 5.77. The molecule has 3 amide bonds. The zero-order chi connectivity index (χ0) is 25.5. The number of amides is 3. The van der Waals surface area contributed by atoms with Gasteiger partial charge in [0.05, 0.1) is 0 Å². The van der Waals surface area contributed by atoms with E-state index in [9.17, 15) is 14.4 Å². The van der Waals surface area contributed by atoms with E-state index in [0.717, 1.165) is 42.7 Å². The van der Waals surface area contributed by atoms with Gasteiger partial charge in [0.1, 0.15) is 17.4 Å². The Morgan fingerprint density at radius 2 is 1.89 bits per heavy atom. The molecule has 1 atom stereocenters. The lowest BCUT2D eigenvalue weighted by molar-refractivity contribution is -0.127.